The maximum Gasteiger partial charge on any atom is 0.141 e. The first kappa shape index (κ1) is 11.8. The number of pyridine rings is 1. The second kappa shape index (κ2) is 5.10. The first-order valence-electron chi connectivity index (χ1n) is 5.56. The Morgan fingerprint density at radius 1 is 1.29 bits per heavy atom. The molecule has 2 heterocycles. The van der Waals surface area contributed by atoms with Crippen LogP contribution in [0.4, 0.5) is 4.39 Å². The molecule has 2 rings (SSSR count). The van der Waals surface area contributed by atoms with Gasteiger partial charge in [0.05, 0.1) is 30.5 Å². The molecule has 0 bridgehead atoms. The highest BCUT2D eigenvalue weighted by Gasteiger charge is 2.17. The Labute approximate surface area is 99.7 Å². The molecule has 2 aromatic rings. The van der Waals surface area contributed by atoms with Gasteiger partial charge in [-0.1, -0.05) is 0 Å². The molecule has 0 saturated carbocycles. The lowest BCUT2D eigenvalue weighted by atomic mass is 10.1. The highest BCUT2D eigenvalue weighted by molar-refractivity contribution is 5.24. The number of hydrogen-bond donors (Lipinski definition) is 1. The van der Waals surface area contributed by atoms with Gasteiger partial charge in [-0.25, -0.2) is 4.39 Å². The van der Waals surface area contributed by atoms with E-state index in [-0.39, 0.29) is 11.9 Å². The van der Waals surface area contributed by atoms with E-state index in [0.717, 1.165) is 11.3 Å². The maximum atomic E-state index is 12.9. The molecule has 0 saturated heterocycles. The van der Waals surface area contributed by atoms with Gasteiger partial charge in [-0.2, -0.15) is 0 Å². The lowest BCUT2D eigenvalue weighted by Crippen LogP contribution is -2.29. The predicted octanol–water partition coefficient (Wildman–Crippen LogP) is 2.90. The van der Waals surface area contributed by atoms with Crippen LogP contribution >= 0.6 is 0 Å². The quantitative estimate of drug-likeness (QED) is 0.884. The maximum absolute atomic E-state index is 12.9. The number of hydrogen-bond acceptors (Lipinski definition) is 3. The summed E-state index contributed by atoms with van der Waals surface area (Å²) < 4.78 is 17.9. The average Bonchev–Trinajstić information content (AvgIpc) is 2.80. The summed E-state index contributed by atoms with van der Waals surface area (Å²) in [7, 11) is 0. The van der Waals surface area contributed by atoms with Gasteiger partial charge in [0.25, 0.3) is 0 Å². The van der Waals surface area contributed by atoms with Crippen molar-refractivity contribution in [2.45, 2.75) is 25.9 Å². The van der Waals surface area contributed by atoms with E-state index in [0.29, 0.717) is 6.04 Å². The van der Waals surface area contributed by atoms with E-state index >= 15 is 0 Å². The van der Waals surface area contributed by atoms with Gasteiger partial charge in [0.15, 0.2) is 0 Å². The van der Waals surface area contributed by atoms with Crippen molar-refractivity contribution in [3.05, 3.63) is 54.0 Å². The molecule has 0 aliphatic carbocycles. The standard InChI is InChI=1S/C13H15FN2O/c1-9(2)16-13(10-5-6-17-8-10)12-4-3-11(14)7-15-12/h3-9,13,16H,1-2H3. The van der Waals surface area contributed by atoms with Crippen molar-refractivity contribution < 1.29 is 8.81 Å². The molecule has 90 valence electrons. The van der Waals surface area contributed by atoms with Crippen molar-refractivity contribution in [3.8, 4) is 0 Å². The molecular weight excluding hydrogens is 219 g/mol. The highest BCUT2D eigenvalue weighted by atomic mass is 19.1. The van der Waals surface area contributed by atoms with E-state index in [1.807, 2.05) is 6.07 Å². The predicted molar refractivity (Wildman–Crippen MR) is 63.0 cm³/mol. The van der Waals surface area contributed by atoms with Crippen LogP contribution < -0.4 is 5.32 Å². The van der Waals surface area contributed by atoms with Crippen molar-refractivity contribution in [1.82, 2.24) is 10.3 Å². The Morgan fingerprint density at radius 2 is 2.12 bits per heavy atom. The van der Waals surface area contributed by atoms with Crippen molar-refractivity contribution in [3.63, 3.8) is 0 Å². The minimum absolute atomic E-state index is 0.0747. The fourth-order valence-corrected chi connectivity index (χ4v) is 1.68. The SMILES string of the molecule is CC(C)NC(c1ccoc1)c1ccc(F)cn1. The molecule has 4 heteroatoms. The van der Waals surface area contributed by atoms with E-state index in [1.165, 1.54) is 12.3 Å². The monoisotopic (exact) mass is 234 g/mol. The minimum atomic E-state index is -0.329. The van der Waals surface area contributed by atoms with Gasteiger partial charge in [-0.3, -0.25) is 4.98 Å². The van der Waals surface area contributed by atoms with Gasteiger partial charge >= 0.3 is 0 Å². The Bertz CT molecular complexity index is 451. The van der Waals surface area contributed by atoms with Crippen molar-refractivity contribution in [2.75, 3.05) is 0 Å². The lowest BCUT2D eigenvalue weighted by molar-refractivity contribution is 0.506. The zero-order valence-electron chi connectivity index (χ0n) is 9.85. The molecule has 0 spiro atoms. The zero-order valence-corrected chi connectivity index (χ0v) is 9.85. The summed E-state index contributed by atoms with van der Waals surface area (Å²) in [5.41, 5.74) is 1.76. The lowest BCUT2D eigenvalue weighted by Gasteiger charge is -2.19. The summed E-state index contributed by atoms with van der Waals surface area (Å²) in [6.07, 6.45) is 4.52. The molecule has 0 aliphatic heterocycles. The van der Waals surface area contributed by atoms with E-state index in [9.17, 15) is 4.39 Å². The van der Waals surface area contributed by atoms with E-state index in [1.54, 1.807) is 18.6 Å². The van der Waals surface area contributed by atoms with Crippen LogP contribution in [0.15, 0.2) is 41.3 Å². The van der Waals surface area contributed by atoms with Gasteiger partial charge in [-0.15, -0.1) is 0 Å². The van der Waals surface area contributed by atoms with Gasteiger partial charge < -0.3 is 9.73 Å². The Balaban J connectivity index is 2.30. The second-order valence-electron chi connectivity index (χ2n) is 4.21. The molecule has 3 nitrogen and oxygen atoms in total. The van der Waals surface area contributed by atoms with Crippen LogP contribution in [0.2, 0.25) is 0 Å². The summed E-state index contributed by atoms with van der Waals surface area (Å²) >= 11 is 0. The Hall–Kier alpha value is -1.68. The first-order chi connectivity index (χ1) is 8.16. The number of halogens is 1. The number of nitrogens with one attached hydrogen (secondary N) is 1. The van der Waals surface area contributed by atoms with Gasteiger partial charge in [0, 0.05) is 11.6 Å². The van der Waals surface area contributed by atoms with Crippen LogP contribution in [0.3, 0.4) is 0 Å². The topological polar surface area (TPSA) is 38.1 Å². The average molecular weight is 234 g/mol. The Kier molecular flexibility index (Phi) is 3.54. The van der Waals surface area contributed by atoms with Crippen LogP contribution in [-0.2, 0) is 0 Å². The number of furan rings is 1. The molecule has 1 unspecified atom stereocenters. The van der Waals surface area contributed by atoms with E-state index in [2.05, 4.69) is 24.1 Å². The number of aromatic nitrogens is 1. The summed E-state index contributed by atoms with van der Waals surface area (Å²) in [4.78, 5) is 4.11. The van der Waals surface area contributed by atoms with Crippen LogP contribution in [-0.4, -0.2) is 11.0 Å². The minimum Gasteiger partial charge on any atom is -0.472 e. The molecular formula is C13H15FN2O. The van der Waals surface area contributed by atoms with Gasteiger partial charge in [0.2, 0.25) is 0 Å². The third kappa shape index (κ3) is 2.91. The van der Waals surface area contributed by atoms with Crippen LogP contribution in [0.5, 0.6) is 0 Å². The van der Waals surface area contributed by atoms with Crippen LogP contribution in [0.1, 0.15) is 31.1 Å². The highest BCUT2D eigenvalue weighted by Crippen LogP contribution is 2.21. The fraction of sp³-hybridized carbons (Fsp3) is 0.308. The summed E-state index contributed by atoms with van der Waals surface area (Å²) in [6, 6.07) is 5.20. The van der Waals surface area contributed by atoms with Gasteiger partial charge in [-0.05, 0) is 32.0 Å². The fourth-order valence-electron chi connectivity index (χ4n) is 1.68. The number of rotatable bonds is 4. The third-order valence-electron chi connectivity index (χ3n) is 2.42. The molecule has 2 aromatic heterocycles. The van der Waals surface area contributed by atoms with Crippen molar-refractivity contribution >= 4 is 0 Å². The second-order valence-corrected chi connectivity index (χ2v) is 4.21. The molecule has 0 radical (unpaired) electrons. The molecule has 0 amide bonds. The zero-order chi connectivity index (χ0) is 12.3. The first-order valence-corrected chi connectivity index (χ1v) is 5.56. The van der Waals surface area contributed by atoms with Crippen LogP contribution in [0.25, 0.3) is 0 Å². The van der Waals surface area contributed by atoms with Crippen molar-refractivity contribution in [2.24, 2.45) is 0 Å². The van der Waals surface area contributed by atoms with Crippen molar-refractivity contribution in [1.29, 1.82) is 0 Å². The van der Waals surface area contributed by atoms with Gasteiger partial charge in [0.1, 0.15) is 5.82 Å². The molecule has 17 heavy (non-hydrogen) atoms. The smallest absolute Gasteiger partial charge is 0.141 e. The summed E-state index contributed by atoms with van der Waals surface area (Å²) in [5.74, 6) is -0.329. The Morgan fingerprint density at radius 3 is 2.65 bits per heavy atom. The normalized spacial score (nSPS) is 12.9. The molecule has 1 atom stereocenters. The van der Waals surface area contributed by atoms with E-state index in [4.69, 9.17) is 4.42 Å². The molecule has 0 aliphatic rings. The van der Waals surface area contributed by atoms with Crippen LogP contribution in [0, 0.1) is 5.82 Å². The summed E-state index contributed by atoms with van der Waals surface area (Å²) in [5, 5.41) is 3.37. The van der Waals surface area contributed by atoms with E-state index < -0.39 is 0 Å². The number of nitrogens with zero attached hydrogens (tertiary/aromatic N) is 1. The molecule has 0 aromatic carbocycles. The third-order valence-corrected chi connectivity index (χ3v) is 2.42. The summed E-state index contributed by atoms with van der Waals surface area (Å²) in [6.45, 7) is 4.10. The molecule has 0 fully saturated rings. The molecule has 1 N–H and O–H groups in total. The largest absolute Gasteiger partial charge is 0.472 e.